The molecule has 0 radical (unpaired) electrons. The number of amidine groups is 1. The van der Waals surface area contributed by atoms with Crippen LogP contribution in [0.5, 0.6) is 11.5 Å². The second-order valence-corrected chi connectivity index (χ2v) is 11.0. The molecule has 4 rings (SSSR count). The van der Waals surface area contributed by atoms with Gasteiger partial charge in [0.05, 0.1) is 18.6 Å². The van der Waals surface area contributed by atoms with E-state index in [0.29, 0.717) is 17.0 Å². The quantitative estimate of drug-likeness (QED) is 0.665. The Morgan fingerprint density at radius 2 is 1.97 bits per heavy atom. The maximum absolute atomic E-state index is 13.0. The van der Waals surface area contributed by atoms with Crippen molar-refractivity contribution in [1.82, 2.24) is 4.98 Å². The maximum atomic E-state index is 13.0. The molecular formula is C21H21F3N4O5S. The average Bonchev–Trinajstić information content (AvgIpc) is 2.72. The van der Waals surface area contributed by atoms with Gasteiger partial charge in [0, 0.05) is 17.7 Å². The normalized spacial score (nSPS) is 22.8. The molecule has 1 atom stereocenters. The largest absolute Gasteiger partial charge is 0.573 e. The third-order valence-corrected chi connectivity index (χ3v) is 8.49. The Morgan fingerprint density at radius 3 is 2.59 bits per heavy atom. The molecular weight excluding hydrogens is 477 g/mol. The molecule has 0 aliphatic carbocycles. The maximum Gasteiger partial charge on any atom is 0.573 e. The highest BCUT2D eigenvalue weighted by molar-refractivity contribution is 7.93. The van der Waals surface area contributed by atoms with Crippen LogP contribution in [0.15, 0.2) is 41.5 Å². The van der Waals surface area contributed by atoms with Gasteiger partial charge in [-0.1, -0.05) is 0 Å². The van der Waals surface area contributed by atoms with Crippen LogP contribution in [0, 0.1) is 0 Å². The predicted molar refractivity (Wildman–Crippen MR) is 117 cm³/mol. The minimum Gasteiger partial charge on any atom is -0.493 e. The molecule has 1 aromatic carbocycles. The van der Waals surface area contributed by atoms with Gasteiger partial charge in [-0.3, -0.25) is 9.79 Å². The van der Waals surface area contributed by atoms with E-state index in [4.69, 9.17) is 10.5 Å². The number of anilines is 1. The Kier molecular flexibility index (Phi) is 5.50. The number of nitrogens with two attached hydrogens (primary N) is 1. The van der Waals surface area contributed by atoms with Crippen molar-refractivity contribution in [3.63, 3.8) is 0 Å². The summed E-state index contributed by atoms with van der Waals surface area (Å²) in [6.45, 7) is 3.24. The lowest BCUT2D eigenvalue weighted by molar-refractivity contribution is -0.274. The molecule has 1 amide bonds. The molecule has 0 saturated carbocycles. The number of amides is 1. The van der Waals surface area contributed by atoms with Crippen LogP contribution in [0.2, 0.25) is 0 Å². The Bertz CT molecular complexity index is 1280. The van der Waals surface area contributed by atoms with Gasteiger partial charge in [0.25, 0.3) is 5.91 Å². The summed E-state index contributed by atoms with van der Waals surface area (Å²) in [5.41, 5.74) is 5.50. The number of alkyl halides is 3. The van der Waals surface area contributed by atoms with E-state index in [2.05, 4.69) is 20.0 Å². The summed E-state index contributed by atoms with van der Waals surface area (Å²) >= 11 is 0. The van der Waals surface area contributed by atoms with Gasteiger partial charge in [-0.2, -0.15) is 0 Å². The fraction of sp³-hybridized carbons (Fsp3) is 0.381. The van der Waals surface area contributed by atoms with E-state index < -0.39 is 38.1 Å². The Labute approximate surface area is 193 Å². The van der Waals surface area contributed by atoms with E-state index in [1.807, 2.05) is 0 Å². The van der Waals surface area contributed by atoms with Gasteiger partial charge in [0.1, 0.15) is 33.3 Å². The Morgan fingerprint density at radius 1 is 1.24 bits per heavy atom. The second-order valence-electron chi connectivity index (χ2n) is 8.49. The molecule has 3 N–H and O–H groups in total. The first-order valence-corrected chi connectivity index (χ1v) is 11.8. The van der Waals surface area contributed by atoms with Crippen LogP contribution in [0.4, 0.5) is 18.9 Å². The van der Waals surface area contributed by atoms with Gasteiger partial charge in [-0.05, 0) is 44.2 Å². The van der Waals surface area contributed by atoms with Crippen LogP contribution >= 0.6 is 0 Å². The van der Waals surface area contributed by atoms with Crippen molar-refractivity contribution in [2.45, 2.75) is 36.9 Å². The van der Waals surface area contributed by atoms with E-state index in [0.717, 1.165) is 18.3 Å². The monoisotopic (exact) mass is 498 g/mol. The molecule has 2 aliphatic rings. The molecule has 0 fully saturated rings. The van der Waals surface area contributed by atoms with Gasteiger partial charge in [0.2, 0.25) is 0 Å². The first-order valence-electron chi connectivity index (χ1n) is 10.1. The van der Waals surface area contributed by atoms with Crippen molar-refractivity contribution in [2.75, 3.05) is 17.7 Å². The fourth-order valence-corrected chi connectivity index (χ4v) is 5.50. The number of pyridine rings is 1. The smallest absolute Gasteiger partial charge is 0.493 e. The highest BCUT2D eigenvalue weighted by atomic mass is 32.2. The van der Waals surface area contributed by atoms with Crippen LogP contribution in [0.25, 0.3) is 0 Å². The molecule has 0 saturated heterocycles. The SMILES string of the molecule is CC1(C)C(N)=N[C@@]2(CCOc3ccc(NC(=O)c4ccc(OC(F)(F)F)cn4)cc32)CS1(=O)=O. The number of fused-ring (bicyclic) bond motifs is 2. The molecule has 3 heterocycles. The van der Waals surface area contributed by atoms with Crippen molar-refractivity contribution in [2.24, 2.45) is 10.7 Å². The summed E-state index contributed by atoms with van der Waals surface area (Å²) in [7, 11) is -3.66. The van der Waals surface area contributed by atoms with Crippen LogP contribution in [0.1, 0.15) is 36.3 Å². The van der Waals surface area contributed by atoms with E-state index >= 15 is 0 Å². The molecule has 34 heavy (non-hydrogen) atoms. The minimum absolute atomic E-state index is 0.00796. The summed E-state index contributed by atoms with van der Waals surface area (Å²) in [4.78, 5) is 20.9. The van der Waals surface area contributed by atoms with Gasteiger partial charge in [-0.15, -0.1) is 13.2 Å². The van der Waals surface area contributed by atoms with Crippen LogP contribution < -0.4 is 20.5 Å². The lowest BCUT2D eigenvalue weighted by Gasteiger charge is -2.42. The number of nitrogens with zero attached hydrogens (tertiary/aromatic N) is 2. The summed E-state index contributed by atoms with van der Waals surface area (Å²) < 4.78 is 71.0. The second kappa shape index (κ2) is 7.86. The van der Waals surface area contributed by atoms with Crippen molar-refractivity contribution in [1.29, 1.82) is 0 Å². The molecule has 0 unspecified atom stereocenters. The lowest BCUT2D eigenvalue weighted by atomic mass is 9.85. The van der Waals surface area contributed by atoms with Gasteiger partial charge in [-0.25, -0.2) is 13.4 Å². The number of hydrogen-bond donors (Lipinski definition) is 2. The Hall–Kier alpha value is -3.35. The van der Waals surface area contributed by atoms with Crippen molar-refractivity contribution in [3.05, 3.63) is 47.8 Å². The number of nitrogens with one attached hydrogen (secondary N) is 1. The standard InChI is InChI=1S/C21H21F3N4O5S/c1-19(2)18(25)28-20(11-34(19,30)31)7-8-32-16-6-3-12(9-14(16)20)27-17(29)15-5-4-13(10-26-15)33-21(22,23)24/h3-6,9-10H,7-8,11H2,1-2H3,(H2,25,28)(H,27,29)/t20-/m0/s1. The zero-order chi connectivity index (χ0) is 24.9. The number of ether oxygens (including phenoxy) is 2. The molecule has 1 aromatic heterocycles. The van der Waals surface area contributed by atoms with Crippen molar-refractivity contribution in [3.8, 4) is 11.5 Å². The topological polar surface area (TPSA) is 133 Å². The third-order valence-electron chi connectivity index (χ3n) is 5.87. The predicted octanol–water partition coefficient (Wildman–Crippen LogP) is 2.77. The lowest BCUT2D eigenvalue weighted by Crippen LogP contribution is -2.56. The zero-order valence-electron chi connectivity index (χ0n) is 18.1. The summed E-state index contributed by atoms with van der Waals surface area (Å²) in [5, 5.41) is 2.60. The first kappa shape index (κ1) is 23.8. The van der Waals surface area contributed by atoms with Crippen LogP contribution in [-0.2, 0) is 15.4 Å². The van der Waals surface area contributed by atoms with E-state index in [1.165, 1.54) is 13.8 Å². The number of carbonyl (C=O) groups is 1. The average molecular weight is 498 g/mol. The summed E-state index contributed by atoms with van der Waals surface area (Å²) in [6, 6.07) is 6.73. The van der Waals surface area contributed by atoms with Crippen LogP contribution in [-0.4, -0.2) is 48.6 Å². The number of hydrogen-bond acceptors (Lipinski definition) is 8. The number of halogens is 3. The third kappa shape index (κ3) is 4.27. The molecule has 2 aromatic rings. The molecule has 182 valence electrons. The molecule has 1 spiro atoms. The van der Waals surface area contributed by atoms with Crippen molar-refractivity contribution >= 4 is 27.3 Å². The highest BCUT2D eigenvalue weighted by Gasteiger charge is 2.52. The number of carbonyl (C=O) groups excluding carboxylic acids is 1. The zero-order valence-corrected chi connectivity index (χ0v) is 19.0. The first-order chi connectivity index (χ1) is 15.7. The van der Waals surface area contributed by atoms with E-state index in [9.17, 15) is 26.4 Å². The van der Waals surface area contributed by atoms with E-state index in [1.54, 1.807) is 18.2 Å². The number of rotatable bonds is 3. The fourth-order valence-electron chi connectivity index (χ4n) is 3.78. The highest BCUT2D eigenvalue weighted by Crippen LogP contribution is 2.46. The van der Waals surface area contributed by atoms with Gasteiger partial charge >= 0.3 is 6.36 Å². The minimum atomic E-state index is -4.87. The number of aromatic nitrogens is 1. The van der Waals surface area contributed by atoms with Crippen LogP contribution in [0.3, 0.4) is 0 Å². The van der Waals surface area contributed by atoms with E-state index in [-0.39, 0.29) is 30.3 Å². The molecule has 2 aliphatic heterocycles. The van der Waals surface area contributed by atoms with Gasteiger partial charge < -0.3 is 20.5 Å². The Balaban J connectivity index is 1.63. The van der Waals surface area contributed by atoms with Gasteiger partial charge in [0.15, 0.2) is 9.84 Å². The number of aliphatic imine (C=N–C) groups is 1. The van der Waals surface area contributed by atoms with Crippen molar-refractivity contribution < 1.29 is 35.9 Å². The summed E-state index contributed by atoms with van der Waals surface area (Å²) in [6.07, 6.45) is -3.82. The molecule has 0 bridgehead atoms. The number of sulfone groups is 1. The molecule has 13 heteroatoms. The molecule has 9 nitrogen and oxygen atoms in total. The number of benzene rings is 1. The summed E-state index contributed by atoms with van der Waals surface area (Å²) in [5.74, 6) is -1.11.